The highest BCUT2D eigenvalue weighted by Gasteiger charge is 2.51. The fraction of sp³-hybridized carbons (Fsp3) is 0.647. The van der Waals surface area contributed by atoms with Crippen LogP contribution in [0.5, 0.6) is 0 Å². The Kier molecular flexibility index (Phi) is 6.30. The lowest BCUT2D eigenvalue weighted by atomic mass is 9.73. The van der Waals surface area contributed by atoms with E-state index in [2.05, 4.69) is 5.32 Å². The average molecular weight is 401 g/mol. The Hall–Kier alpha value is -0.560. The number of benzene rings is 1. The maximum atomic E-state index is 14.5. The number of nitrogens with one attached hydrogen (secondary N) is 1. The Morgan fingerprint density at radius 3 is 2.44 bits per heavy atom. The van der Waals surface area contributed by atoms with Crippen molar-refractivity contribution in [2.45, 2.75) is 50.7 Å². The van der Waals surface area contributed by atoms with Gasteiger partial charge >= 0.3 is 0 Å². The van der Waals surface area contributed by atoms with Crippen LogP contribution >= 0.6 is 24.0 Å². The van der Waals surface area contributed by atoms with Crippen molar-refractivity contribution in [2.75, 3.05) is 13.1 Å². The smallest absolute Gasteiger partial charge is 0.248 e. The van der Waals surface area contributed by atoms with Gasteiger partial charge in [0.15, 0.2) is 11.6 Å². The summed E-state index contributed by atoms with van der Waals surface area (Å²) in [6, 6.07) is 2.36. The third kappa shape index (κ3) is 4.07. The summed E-state index contributed by atoms with van der Waals surface area (Å²) in [6.45, 7) is 5.23. The summed E-state index contributed by atoms with van der Waals surface area (Å²) in [5, 5.41) is 3.02. The largest absolute Gasteiger partial charge is 0.311 e. The zero-order valence-electron chi connectivity index (χ0n) is 14.0. The standard InChI is InChI=1S/C17H21ClF4N2.ClH/c1-9-8-24(10(2)7-23-9)16(11-5-17(21,22)6-11)12-3-4-13(18)15(20)14(12)19;/h3-4,9-11,16,23H,5-8H2,1-2H3;1H/t9-,10+,16?;/m0./s1. The Labute approximate surface area is 156 Å². The van der Waals surface area contributed by atoms with Gasteiger partial charge in [-0.3, -0.25) is 4.90 Å². The number of rotatable bonds is 3. The molecule has 0 amide bonds. The van der Waals surface area contributed by atoms with Crippen LogP contribution in [0.25, 0.3) is 0 Å². The van der Waals surface area contributed by atoms with E-state index in [4.69, 9.17) is 11.6 Å². The van der Waals surface area contributed by atoms with E-state index in [1.807, 2.05) is 18.7 Å². The first-order valence-electron chi connectivity index (χ1n) is 8.20. The first-order valence-corrected chi connectivity index (χ1v) is 8.58. The van der Waals surface area contributed by atoms with E-state index >= 15 is 0 Å². The Morgan fingerprint density at radius 1 is 1.20 bits per heavy atom. The SMILES string of the molecule is C[C@@H]1CN[C@@H](C)CN1C(c1ccc(Cl)c(F)c1F)C1CC(F)(F)C1.Cl. The summed E-state index contributed by atoms with van der Waals surface area (Å²) in [4.78, 5) is 2.02. The Morgan fingerprint density at radius 2 is 1.84 bits per heavy atom. The molecule has 0 radical (unpaired) electrons. The maximum absolute atomic E-state index is 14.5. The Balaban J connectivity index is 0.00000225. The summed E-state index contributed by atoms with van der Waals surface area (Å²) in [5.74, 6) is -5.25. The third-order valence-corrected chi connectivity index (χ3v) is 5.41. The van der Waals surface area contributed by atoms with Crippen LogP contribution in [0.1, 0.15) is 38.3 Å². The van der Waals surface area contributed by atoms with Crippen LogP contribution in [0.2, 0.25) is 5.02 Å². The molecule has 2 nitrogen and oxygen atoms in total. The molecule has 3 atom stereocenters. The van der Waals surface area contributed by atoms with Crippen molar-refractivity contribution in [2.24, 2.45) is 5.92 Å². The van der Waals surface area contributed by atoms with Crippen molar-refractivity contribution in [3.63, 3.8) is 0 Å². The summed E-state index contributed by atoms with van der Waals surface area (Å²) in [5.41, 5.74) is 0.123. The molecule has 0 bridgehead atoms. The molecule has 1 saturated carbocycles. The summed E-state index contributed by atoms with van der Waals surface area (Å²) in [7, 11) is 0. The molecule has 2 fully saturated rings. The van der Waals surface area contributed by atoms with Gasteiger partial charge in [0.2, 0.25) is 5.92 Å². The normalized spacial score (nSPS) is 28.1. The van der Waals surface area contributed by atoms with Crippen molar-refractivity contribution < 1.29 is 17.6 Å². The lowest BCUT2D eigenvalue weighted by Crippen LogP contribution is -2.58. The second kappa shape index (κ2) is 7.59. The fourth-order valence-electron chi connectivity index (χ4n) is 3.84. The lowest BCUT2D eigenvalue weighted by molar-refractivity contribution is -0.138. The zero-order valence-corrected chi connectivity index (χ0v) is 15.6. The highest BCUT2D eigenvalue weighted by Crippen LogP contribution is 2.51. The number of hydrogen-bond donors (Lipinski definition) is 1. The predicted molar refractivity (Wildman–Crippen MR) is 92.7 cm³/mol. The first-order chi connectivity index (χ1) is 11.2. The molecule has 8 heteroatoms. The quantitative estimate of drug-likeness (QED) is 0.578. The number of alkyl halides is 2. The van der Waals surface area contributed by atoms with Gasteiger partial charge in [-0.2, -0.15) is 0 Å². The average Bonchev–Trinajstić information content (AvgIpc) is 2.49. The molecule has 1 heterocycles. The van der Waals surface area contributed by atoms with E-state index in [0.29, 0.717) is 13.1 Å². The van der Waals surface area contributed by atoms with Crippen LogP contribution in [-0.2, 0) is 0 Å². The van der Waals surface area contributed by atoms with Crippen LogP contribution in [0.4, 0.5) is 17.6 Å². The van der Waals surface area contributed by atoms with Crippen molar-refractivity contribution in [1.29, 1.82) is 0 Å². The second-order valence-corrected chi connectivity index (χ2v) is 7.50. The van der Waals surface area contributed by atoms with E-state index in [-0.39, 0.29) is 47.9 Å². The summed E-state index contributed by atoms with van der Waals surface area (Å²) in [6.07, 6.45) is -0.598. The van der Waals surface area contributed by atoms with Gasteiger partial charge in [-0.15, -0.1) is 12.4 Å². The highest BCUT2D eigenvalue weighted by molar-refractivity contribution is 6.30. The molecule has 1 aliphatic heterocycles. The predicted octanol–water partition coefficient (Wildman–Crippen LogP) is 4.81. The van der Waals surface area contributed by atoms with E-state index in [9.17, 15) is 17.6 Å². The second-order valence-electron chi connectivity index (χ2n) is 7.09. The molecule has 1 saturated heterocycles. The molecule has 3 rings (SSSR count). The maximum Gasteiger partial charge on any atom is 0.248 e. The van der Waals surface area contributed by atoms with Gasteiger partial charge in [-0.05, 0) is 25.8 Å². The van der Waals surface area contributed by atoms with Gasteiger partial charge < -0.3 is 5.32 Å². The van der Waals surface area contributed by atoms with E-state index in [1.54, 1.807) is 0 Å². The number of piperazine rings is 1. The van der Waals surface area contributed by atoms with Gasteiger partial charge in [-0.1, -0.05) is 17.7 Å². The number of halogens is 6. The van der Waals surface area contributed by atoms with Gasteiger partial charge in [0.05, 0.1) is 5.02 Å². The van der Waals surface area contributed by atoms with Crippen LogP contribution in [0.15, 0.2) is 12.1 Å². The molecule has 1 N–H and O–H groups in total. The van der Waals surface area contributed by atoms with Crippen molar-refractivity contribution in [3.8, 4) is 0 Å². The molecule has 1 aromatic rings. The van der Waals surface area contributed by atoms with Gasteiger partial charge in [0.1, 0.15) is 0 Å². The molecule has 0 spiro atoms. The van der Waals surface area contributed by atoms with E-state index in [0.717, 1.165) is 0 Å². The van der Waals surface area contributed by atoms with Crippen LogP contribution < -0.4 is 5.32 Å². The molecule has 2 aliphatic rings. The molecule has 1 aliphatic carbocycles. The third-order valence-electron chi connectivity index (χ3n) is 5.12. The van der Waals surface area contributed by atoms with Gasteiger partial charge in [0, 0.05) is 49.6 Å². The molecule has 25 heavy (non-hydrogen) atoms. The van der Waals surface area contributed by atoms with Gasteiger partial charge in [0.25, 0.3) is 0 Å². The molecule has 1 unspecified atom stereocenters. The van der Waals surface area contributed by atoms with Crippen LogP contribution in [-0.4, -0.2) is 36.0 Å². The van der Waals surface area contributed by atoms with Crippen LogP contribution in [0, 0.1) is 17.6 Å². The van der Waals surface area contributed by atoms with Crippen molar-refractivity contribution in [3.05, 3.63) is 34.4 Å². The minimum atomic E-state index is -2.72. The fourth-order valence-corrected chi connectivity index (χ4v) is 3.99. The number of nitrogens with zero attached hydrogens (tertiary/aromatic N) is 1. The minimum absolute atomic E-state index is 0. The van der Waals surface area contributed by atoms with E-state index in [1.165, 1.54) is 12.1 Å². The molecular formula is C17H22Cl2F4N2. The first kappa shape index (κ1) is 20.7. The topological polar surface area (TPSA) is 15.3 Å². The lowest BCUT2D eigenvalue weighted by Gasteiger charge is -2.49. The zero-order chi connectivity index (χ0) is 17.6. The summed E-state index contributed by atoms with van der Waals surface area (Å²) < 4.78 is 55.3. The van der Waals surface area contributed by atoms with E-state index < -0.39 is 29.5 Å². The molecule has 1 aromatic carbocycles. The summed E-state index contributed by atoms with van der Waals surface area (Å²) >= 11 is 5.64. The van der Waals surface area contributed by atoms with Gasteiger partial charge in [-0.25, -0.2) is 17.6 Å². The van der Waals surface area contributed by atoms with Crippen LogP contribution in [0.3, 0.4) is 0 Å². The van der Waals surface area contributed by atoms with Crippen molar-refractivity contribution >= 4 is 24.0 Å². The molecule has 0 aromatic heterocycles. The Bertz CT molecular complexity index is 621. The number of hydrogen-bond acceptors (Lipinski definition) is 2. The minimum Gasteiger partial charge on any atom is -0.311 e. The highest BCUT2D eigenvalue weighted by atomic mass is 35.5. The monoisotopic (exact) mass is 400 g/mol. The molecule has 142 valence electrons. The van der Waals surface area contributed by atoms with Crippen molar-refractivity contribution in [1.82, 2.24) is 10.2 Å². The molecular weight excluding hydrogens is 379 g/mol.